The molecule has 604 valence electrons. The van der Waals surface area contributed by atoms with Crippen molar-refractivity contribution >= 4 is 19.8 Å². The first-order valence-corrected chi connectivity index (χ1v) is 46.1. The van der Waals surface area contributed by atoms with Crippen LogP contribution >= 0.6 is 7.82 Å². The van der Waals surface area contributed by atoms with Crippen molar-refractivity contribution in [1.29, 1.82) is 0 Å². The van der Waals surface area contributed by atoms with E-state index in [9.17, 15) is 19.0 Å². The monoisotopic (exact) mass is 1470 g/mol. The van der Waals surface area contributed by atoms with Crippen LogP contribution in [0, 0.1) is 0 Å². The van der Waals surface area contributed by atoms with Gasteiger partial charge >= 0.3 is 19.8 Å². The second kappa shape index (κ2) is 83.7. The van der Waals surface area contributed by atoms with Crippen molar-refractivity contribution in [2.45, 2.75) is 431 Å². The number of esters is 2. The van der Waals surface area contributed by atoms with Gasteiger partial charge in [-0.1, -0.05) is 425 Å². The molecule has 0 spiro atoms. The van der Waals surface area contributed by atoms with Gasteiger partial charge < -0.3 is 18.9 Å². The molecule has 0 saturated carbocycles. The minimum Gasteiger partial charge on any atom is -0.462 e. The van der Waals surface area contributed by atoms with E-state index in [1.54, 1.807) is 0 Å². The van der Waals surface area contributed by atoms with Gasteiger partial charge in [0, 0.05) is 12.8 Å². The number of carbonyl (C=O) groups excluding carboxylic acids is 2. The van der Waals surface area contributed by atoms with Crippen molar-refractivity contribution in [3.63, 3.8) is 0 Å². The van der Waals surface area contributed by atoms with Crippen LogP contribution in [0.25, 0.3) is 0 Å². The fraction of sp³-hybridized carbons (Fsp3) is 0.787. The van der Waals surface area contributed by atoms with Gasteiger partial charge in [-0.15, -0.1) is 0 Å². The number of quaternary nitrogens is 1. The summed E-state index contributed by atoms with van der Waals surface area (Å²) in [6.45, 7) is 4.27. The Labute approximate surface area is 646 Å². The second-order valence-electron chi connectivity index (χ2n) is 31.2. The van der Waals surface area contributed by atoms with Gasteiger partial charge in [0.05, 0.1) is 27.7 Å². The van der Waals surface area contributed by atoms with Gasteiger partial charge in [0.1, 0.15) is 19.8 Å². The topological polar surface area (TPSA) is 108 Å². The lowest BCUT2D eigenvalue weighted by molar-refractivity contribution is -0.870. The van der Waals surface area contributed by atoms with E-state index in [2.05, 4.69) is 123 Å². The molecule has 2 unspecified atom stereocenters. The van der Waals surface area contributed by atoms with Crippen LogP contribution in [-0.2, 0) is 32.7 Å². The Morgan fingerprint density at radius 1 is 0.298 bits per heavy atom. The summed E-state index contributed by atoms with van der Waals surface area (Å²) >= 11 is 0. The summed E-state index contributed by atoms with van der Waals surface area (Å²) in [5.41, 5.74) is 0. The lowest BCUT2D eigenvalue weighted by Gasteiger charge is -2.24. The van der Waals surface area contributed by atoms with E-state index < -0.39 is 26.5 Å². The molecule has 0 aliphatic rings. The molecule has 9 nitrogen and oxygen atoms in total. The SMILES string of the molecule is CC/C=C\C/C=C\C/C=C\C/C=C\C/C=C\CCCCCCCCCCCCCCCCCCCCCCCCCC(=O)OC(COC(=O)CCCCCCCCCCCCCCCCCCCCCCCCCCCCCC/C=C\C/C=C\C/C=C\C/C=C\CC)COP(=O)(O)OCC[N+](C)(C)C. The fourth-order valence-electron chi connectivity index (χ4n) is 13.1. The average molecular weight is 1470 g/mol. The summed E-state index contributed by atoms with van der Waals surface area (Å²) in [6, 6.07) is 0. The van der Waals surface area contributed by atoms with Gasteiger partial charge in [-0.2, -0.15) is 0 Å². The number of hydrogen-bond acceptors (Lipinski definition) is 7. The van der Waals surface area contributed by atoms with E-state index in [1.807, 2.05) is 21.1 Å². The lowest BCUT2D eigenvalue weighted by Crippen LogP contribution is -2.37. The highest BCUT2D eigenvalue weighted by atomic mass is 31.2. The Balaban J connectivity index is 3.85. The Bertz CT molecular complexity index is 2130. The summed E-state index contributed by atoms with van der Waals surface area (Å²) < 4.78 is 34.9. The van der Waals surface area contributed by atoms with E-state index in [0.717, 1.165) is 89.9 Å². The zero-order valence-corrected chi connectivity index (χ0v) is 70.1. The largest absolute Gasteiger partial charge is 0.472 e. The normalized spacial score (nSPS) is 13.5. The van der Waals surface area contributed by atoms with Gasteiger partial charge in [-0.25, -0.2) is 4.57 Å². The predicted octanol–water partition coefficient (Wildman–Crippen LogP) is 30.3. The van der Waals surface area contributed by atoms with Gasteiger partial charge in [-0.3, -0.25) is 18.6 Å². The molecule has 2 atom stereocenters. The smallest absolute Gasteiger partial charge is 0.462 e. The predicted molar refractivity (Wildman–Crippen MR) is 455 cm³/mol. The first kappa shape index (κ1) is 101. The van der Waals surface area contributed by atoms with Crippen molar-refractivity contribution in [2.75, 3.05) is 47.5 Å². The number of hydrogen-bond donors (Lipinski definition) is 1. The Kier molecular flexibility index (Phi) is 81.0. The van der Waals surface area contributed by atoms with Crippen molar-refractivity contribution in [3.05, 3.63) is 109 Å². The van der Waals surface area contributed by atoms with E-state index in [4.69, 9.17) is 18.5 Å². The van der Waals surface area contributed by atoms with Crippen LogP contribution in [0.3, 0.4) is 0 Å². The molecule has 0 saturated heterocycles. The molecule has 1 N–H and O–H groups in total. The van der Waals surface area contributed by atoms with E-state index in [1.165, 1.54) is 302 Å². The molecule has 0 rings (SSSR count). The molecule has 0 aliphatic carbocycles. The van der Waals surface area contributed by atoms with Crippen molar-refractivity contribution < 1.29 is 42.1 Å². The third-order valence-electron chi connectivity index (χ3n) is 19.8. The standard InChI is InChI=1S/C94H170NO8P/c1-6-8-10-12-14-16-18-20-22-24-26-28-30-32-34-36-38-40-42-44-46-47-49-50-52-54-56-58-60-62-64-66-68-70-72-74-76-78-80-82-84-86-93(96)100-90-92(91-102-104(98,99)101-89-88-95(3,4)5)103-94(97)87-85-83-81-79-77-75-73-71-69-67-65-63-61-59-57-55-53-51-48-45-43-41-39-37-35-33-31-29-27-25-23-21-19-17-15-13-11-9-7-2/h8-11,14-17,20-23,26-29,33,35,92H,6-7,12-13,18-19,24-25,30-32,34,36-91H2,1-5H3/p+1/b10-8-,11-9-,16-14-,17-15-,22-20-,23-21-,28-26-,29-27-,35-33-. The van der Waals surface area contributed by atoms with Crippen LogP contribution in [0.4, 0.5) is 0 Å². The number of rotatable bonds is 83. The second-order valence-corrected chi connectivity index (χ2v) is 32.7. The molecule has 0 aromatic heterocycles. The van der Waals surface area contributed by atoms with E-state index >= 15 is 0 Å². The van der Waals surface area contributed by atoms with Crippen molar-refractivity contribution in [2.24, 2.45) is 0 Å². The Morgan fingerprint density at radius 3 is 0.769 bits per heavy atom. The van der Waals surface area contributed by atoms with Gasteiger partial charge in [0.25, 0.3) is 0 Å². The molecule has 0 aromatic rings. The first-order valence-electron chi connectivity index (χ1n) is 44.6. The summed E-state index contributed by atoms with van der Waals surface area (Å²) in [6.07, 6.45) is 120. The molecule has 0 amide bonds. The summed E-state index contributed by atoms with van der Waals surface area (Å²) in [5, 5.41) is 0. The quantitative estimate of drug-likeness (QED) is 0.0211. The van der Waals surface area contributed by atoms with Crippen LogP contribution in [0.1, 0.15) is 425 Å². The number of phosphoric ester groups is 1. The van der Waals surface area contributed by atoms with E-state index in [-0.39, 0.29) is 25.6 Å². The molecule has 104 heavy (non-hydrogen) atoms. The summed E-state index contributed by atoms with van der Waals surface area (Å²) in [4.78, 5) is 36.1. The average Bonchev–Trinajstić information content (AvgIpc) is 0.915. The number of unbranched alkanes of at least 4 members (excludes halogenated alkanes) is 51. The number of allylic oxidation sites excluding steroid dienone is 18. The maximum atomic E-state index is 13.0. The maximum absolute atomic E-state index is 13.0. The Morgan fingerprint density at radius 2 is 0.519 bits per heavy atom. The van der Waals surface area contributed by atoms with Gasteiger partial charge in [-0.05, 0) is 96.3 Å². The number of nitrogens with zero attached hydrogens (tertiary/aromatic N) is 1. The minimum atomic E-state index is -4.40. The molecular formula is C94H171NO8P+. The van der Waals surface area contributed by atoms with Crippen molar-refractivity contribution in [1.82, 2.24) is 0 Å². The van der Waals surface area contributed by atoms with Crippen LogP contribution in [0.5, 0.6) is 0 Å². The third kappa shape index (κ3) is 87.6. The molecule has 0 radical (unpaired) electrons. The highest BCUT2D eigenvalue weighted by molar-refractivity contribution is 7.47. The lowest BCUT2D eigenvalue weighted by atomic mass is 10.0. The molecule has 10 heteroatoms. The fourth-order valence-corrected chi connectivity index (χ4v) is 13.8. The minimum absolute atomic E-state index is 0.0329. The van der Waals surface area contributed by atoms with Crippen LogP contribution < -0.4 is 0 Å². The number of likely N-dealkylation sites (N-methyl/N-ethyl adjacent to an activating group) is 1. The zero-order valence-electron chi connectivity index (χ0n) is 69.3. The molecule has 0 bridgehead atoms. The molecule has 0 heterocycles. The first-order chi connectivity index (χ1) is 51.0. The number of ether oxygens (including phenoxy) is 2. The molecule has 0 aromatic carbocycles. The molecular weight excluding hydrogens is 1300 g/mol. The third-order valence-corrected chi connectivity index (χ3v) is 20.8. The van der Waals surface area contributed by atoms with E-state index in [0.29, 0.717) is 23.9 Å². The highest BCUT2D eigenvalue weighted by Crippen LogP contribution is 2.43. The summed E-state index contributed by atoms with van der Waals surface area (Å²) in [5.74, 6) is -0.774. The maximum Gasteiger partial charge on any atom is 0.472 e. The molecule has 0 fully saturated rings. The summed E-state index contributed by atoms with van der Waals surface area (Å²) in [7, 11) is 1.50. The number of carbonyl (C=O) groups is 2. The van der Waals surface area contributed by atoms with Crippen LogP contribution in [0.2, 0.25) is 0 Å². The molecule has 0 aliphatic heterocycles. The van der Waals surface area contributed by atoms with Crippen LogP contribution in [0.15, 0.2) is 109 Å². The van der Waals surface area contributed by atoms with Gasteiger partial charge in [0.2, 0.25) is 0 Å². The highest BCUT2D eigenvalue weighted by Gasteiger charge is 2.27. The van der Waals surface area contributed by atoms with Gasteiger partial charge in [0.15, 0.2) is 6.10 Å². The Hall–Kier alpha value is -3.33. The van der Waals surface area contributed by atoms with Crippen LogP contribution in [-0.4, -0.2) is 74.9 Å². The zero-order chi connectivity index (χ0) is 75.4. The number of phosphoric acid groups is 1. The van der Waals surface area contributed by atoms with Crippen molar-refractivity contribution in [3.8, 4) is 0 Å².